The molecule has 0 bridgehead atoms. The first kappa shape index (κ1) is 10.7. The van der Waals surface area contributed by atoms with Crippen LogP contribution in [0.4, 0.5) is 0 Å². The largest absolute Gasteiger partial charge is 0.467 e. The summed E-state index contributed by atoms with van der Waals surface area (Å²) in [4.78, 5) is 0. The van der Waals surface area contributed by atoms with Gasteiger partial charge in [0.15, 0.2) is 0 Å². The van der Waals surface area contributed by atoms with Gasteiger partial charge in [-0.05, 0) is 31.4 Å². The van der Waals surface area contributed by atoms with Gasteiger partial charge in [-0.15, -0.1) is 0 Å². The Morgan fingerprint density at radius 2 is 2.40 bits per heavy atom. The zero-order valence-electron chi connectivity index (χ0n) is 9.15. The number of furan rings is 1. The predicted molar refractivity (Wildman–Crippen MR) is 58.5 cm³/mol. The van der Waals surface area contributed by atoms with Crippen LogP contribution in [0.1, 0.15) is 38.1 Å². The van der Waals surface area contributed by atoms with Gasteiger partial charge in [-0.3, -0.25) is 0 Å². The van der Waals surface area contributed by atoms with Crippen molar-refractivity contribution in [2.75, 3.05) is 6.54 Å². The van der Waals surface area contributed by atoms with E-state index in [4.69, 9.17) is 4.42 Å². The van der Waals surface area contributed by atoms with Gasteiger partial charge in [-0.2, -0.15) is 0 Å². The average molecular weight is 209 g/mol. The van der Waals surface area contributed by atoms with Crippen molar-refractivity contribution < 1.29 is 9.52 Å². The number of aliphatic hydroxyl groups is 1. The van der Waals surface area contributed by atoms with E-state index >= 15 is 0 Å². The van der Waals surface area contributed by atoms with Gasteiger partial charge in [0, 0.05) is 12.6 Å². The minimum atomic E-state index is -0.526. The molecule has 2 atom stereocenters. The normalized spacial score (nSPS) is 20.1. The minimum absolute atomic E-state index is 0.488. The second-order valence-corrected chi connectivity index (χ2v) is 4.52. The zero-order chi connectivity index (χ0) is 10.7. The Kier molecular flexibility index (Phi) is 3.44. The van der Waals surface area contributed by atoms with Gasteiger partial charge in [-0.25, -0.2) is 0 Å². The van der Waals surface area contributed by atoms with Crippen molar-refractivity contribution >= 4 is 0 Å². The van der Waals surface area contributed by atoms with Crippen LogP contribution < -0.4 is 5.32 Å². The van der Waals surface area contributed by atoms with Crippen LogP contribution in [0.15, 0.2) is 22.8 Å². The number of hydrogen-bond donors (Lipinski definition) is 2. The minimum Gasteiger partial charge on any atom is -0.467 e. The summed E-state index contributed by atoms with van der Waals surface area (Å²) in [6, 6.07) is 4.09. The summed E-state index contributed by atoms with van der Waals surface area (Å²) in [5, 5.41) is 13.1. The lowest BCUT2D eigenvalue weighted by atomic mass is 10.1. The predicted octanol–water partition coefficient (Wildman–Crippen LogP) is 2.09. The molecule has 0 aromatic carbocycles. The third kappa shape index (κ3) is 3.36. The summed E-state index contributed by atoms with van der Waals surface area (Å²) in [6.07, 6.45) is 5.05. The van der Waals surface area contributed by atoms with Crippen LogP contribution in [0.2, 0.25) is 0 Å². The van der Waals surface area contributed by atoms with E-state index in [0.717, 1.165) is 5.92 Å². The summed E-state index contributed by atoms with van der Waals surface area (Å²) in [5.74, 6) is 1.56. The second-order valence-electron chi connectivity index (χ2n) is 4.52. The molecule has 15 heavy (non-hydrogen) atoms. The summed E-state index contributed by atoms with van der Waals surface area (Å²) >= 11 is 0. The number of hydrogen-bond acceptors (Lipinski definition) is 3. The van der Waals surface area contributed by atoms with Crippen molar-refractivity contribution in [2.24, 2.45) is 5.92 Å². The zero-order valence-corrected chi connectivity index (χ0v) is 9.15. The SMILES string of the molecule is CC(CC1CC1)NCC(O)c1ccco1. The maximum atomic E-state index is 9.75. The summed E-state index contributed by atoms with van der Waals surface area (Å²) < 4.78 is 5.13. The van der Waals surface area contributed by atoms with Crippen molar-refractivity contribution in [3.63, 3.8) is 0 Å². The first-order chi connectivity index (χ1) is 7.25. The maximum absolute atomic E-state index is 9.75. The van der Waals surface area contributed by atoms with Gasteiger partial charge >= 0.3 is 0 Å². The molecule has 1 saturated carbocycles. The molecule has 0 spiro atoms. The first-order valence-corrected chi connectivity index (χ1v) is 5.70. The monoisotopic (exact) mass is 209 g/mol. The fourth-order valence-electron chi connectivity index (χ4n) is 1.83. The average Bonchev–Trinajstić information content (AvgIpc) is 2.86. The van der Waals surface area contributed by atoms with E-state index in [2.05, 4.69) is 12.2 Å². The van der Waals surface area contributed by atoms with E-state index in [1.807, 2.05) is 0 Å². The maximum Gasteiger partial charge on any atom is 0.133 e. The Morgan fingerprint density at radius 1 is 1.60 bits per heavy atom. The van der Waals surface area contributed by atoms with Gasteiger partial charge in [0.25, 0.3) is 0 Å². The second kappa shape index (κ2) is 4.81. The third-order valence-corrected chi connectivity index (χ3v) is 2.92. The molecule has 1 aliphatic carbocycles. The molecule has 0 aliphatic heterocycles. The molecule has 3 heteroatoms. The van der Waals surface area contributed by atoms with Crippen molar-refractivity contribution in [1.82, 2.24) is 5.32 Å². The lowest BCUT2D eigenvalue weighted by molar-refractivity contribution is 0.143. The van der Waals surface area contributed by atoms with Gasteiger partial charge in [0.1, 0.15) is 11.9 Å². The van der Waals surface area contributed by atoms with E-state index < -0.39 is 6.10 Å². The Bertz CT molecular complexity index is 280. The highest BCUT2D eigenvalue weighted by Crippen LogP contribution is 2.33. The Morgan fingerprint density at radius 3 is 3.00 bits per heavy atom. The number of nitrogens with one attached hydrogen (secondary N) is 1. The Hall–Kier alpha value is -0.800. The molecule has 2 N–H and O–H groups in total. The van der Waals surface area contributed by atoms with Gasteiger partial charge in [0.2, 0.25) is 0 Å². The third-order valence-electron chi connectivity index (χ3n) is 2.92. The smallest absolute Gasteiger partial charge is 0.133 e. The number of aliphatic hydroxyl groups excluding tert-OH is 1. The Labute approximate surface area is 90.5 Å². The van der Waals surface area contributed by atoms with Gasteiger partial charge < -0.3 is 14.8 Å². The summed E-state index contributed by atoms with van der Waals surface area (Å²) in [5.41, 5.74) is 0. The molecular weight excluding hydrogens is 190 g/mol. The van der Waals surface area contributed by atoms with Crippen LogP contribution in [-0.4, -0.2) is 17.7 Å². The lowest BCUT2D eigenvalue weighted by Crippen LogP contribution is -2.30. The lowest BCUT2D eigenvalue weighted by Gasteiger charge is -2.15. The van der Waals surface area contributed by atoms with Crippen molar-refractivity contribution in [1.29, 1.82) is 0 Å². The van der Waals surface area contributed by atoms with E-state index in [-0.39, 0.29) is 0 Å². The summed E-state index contributed by atoms with van der Waals surface area (Å²) in [7, 11) is 0. The molecule has 0 radical (unpaired) electrons. The quantitative estimate of drug-likeness (QED) is 0.754. The molecule has 1 aromatic rings. The van der Waals surface area contributed by atoms with Crippen LogP contribution in [0, 0.1) is 5.92 Å². The molecule has 2 unspecified atom stereocenters. The highest BCUT2D eigenvalue weighted by Gasteiger charge is 2.23. The molecule has 1 aromatic heterocycles. The highest BCUT2D eigenvalue weighted by molar-refractivity contribution is 5.02. The van der Waals surface area contributed by atoms with Crippen molar-refractivity contribution in [3.05, 3.63) is 24.2 Å². The standard InChI is InChI=1S/C12H19NO2/c1-9(7-10-4-5-10)13-8-11(14)12-3-2-6-15-12/h2-3,6,9-11,13-14H,4-5,7-8H2,1H3. The van der Waals surface area contributed by atoms with Crippen LogP contribution in [-0.2, 0) is 0 Å². The van der Waals surface area contributed by atoms with E-state index in [1.165, 1.54) is 19.3 Å². The van der Waals surface area contributed by atoms with Crippen molar-refractivity contribution in [2.45, 2.75) is 38.3 Å². The summed E-state index contributed by atoms with van der Waals surface area (Å²) in [6.45, 7) is 2.74. The fourth-order valence-corrected chi connectivity index (χ4v) is 1.83. The van der Waals surface area contributed by atoms with Crippen LogP contribution in [0.25, 0.3) is 0 Å². The van der Waals surface area contributed by atoms with Gasteiger partial charge in [-0.1, -0.05) is 12.8 Å². The molecule has 0 saturated heterocycles. The molecule has 0 amide bonds. The van der Waals surface area contributed by atoms with Gasteiger partial charge in [0.05, 0.1) is 6.26 Å². The molecule has 1 heterocycles. The van der Waals surface area contributed by atoms with E-state index in [0.29, 0.717) is 18.3 Å². The van der Waals surface area contributed by atoms with E-state index in [9.17, 15) is 5.11 Å². The Balaban J connectivity index is 1.67. The van der Waals surface area contributed by atoms with E-state index in [1.54, 1.807) is 18.4 Å². The molecule has 3 nitrogen and oxygen atoms in total. The fraction of sp³-hybridized carbons (Fsp3) is 0.667. The van der Waals surface area contributed by atoms with Crippen LogP contribution in [0.5, 0.6) is 0 Å². The molecule has 2 rings (SSSR count). The van der Waals surface area contributed by atoms with Crippen LogP contribution >= 0.6 is 0 Å². The first-order valence-electron chi connectivity index (χ1n) is 5.70. The highest BCUT2D eigenvalue weighted by atomic mass is 16.4. The topological polar surface area (TPSA) is 45.4 Å². The van der Waals surface area contributed by atoms with Crippen LogP contribution in [0.3, 0.4) is 0 Å². The molecule has 1 fully saturated rings. The molecular formula is C12H19NO2. The molecule has 1 aliphatic rings. The molecule has 84 valence electrons. The number of rotatable bonds is 6. The van der Waals surface area contributed by atoms with Crippen molar-refractivity contribution in [3.8, 4) is 0 Å².